The molecule has 7 heteroatoms. The van der Waals surface area contributed by atoms with Gasteiger partial charge in [-0.3, -0.25) is 14.9 Å². The number of benzene rings is 2. The predicted octanol–water partition coefficient (Wildman–Crippen LogP) is 3.84. The molecule has 0 atom stereocenters. The molecule has 7 nitrogen and oxygen atoms in total. The van der Waals surface area contributed by atoms with E-state index < -0.39 is 10.8 Å². The number of nitro groups is 1. The van der Waals surface area contributed by atoms with E-state index in [9.17, 15) is 14.9 Å². The second-order valence-electron chi connectivity index (χ2n) is 5.30. The Morgan fingerprint density at radius 2 is 2.08 bits per heavy atom. The summed E-state index contributed by atoms with van der Waals surface area (Å²) in [5, 5.41) is 22.2. The van der Waals surface area contributed by atoms with Gasteiger partial charge >= 0.3 is 0 Å². The molecular weight excluding hydrogens is 322 g/mol. The largest absolute Gasteiger partial charge is 0.493 e. The number of carbonyl (C=O) groups excluding carboxylic acids is 1. The fourth-order valence-electron chi connectivity index (χ4n) is 2.27. The Balaban J connectivity index is 2.10. The molecule has 2 aromatic rings. The highest BCUT2D eigenvalue weighted by Crippen LogP contribution is 2.23. The molecule has 0 unspecified atom stereocenters. The maximum Gasteiger partial charge on any atom is 0.273 e. The summed E-state index contributed by atoms with van der Waals surface area (Å²) in [5.41, 5.74) is 0.986. The van der Waals surface area contributed by atoms with Crippen LogP contribution >= 0.6 is 0 Å². The second kappa shape index (κ2) is 8.45. The number of rotatable bonds is 7. The Labute approximate surface area is 145 Å². The minimum Gasteiger partial charge on any atom is -0.493 e. The fraction of sp³-hybridized carbons (Fsp3) is 0.222. The summed E-state index contributed by atoms with van der Waals surface area (Å²) in [4.78, 5) is 22.9. The van der Waals surface area contributed by atoms with E-state index in [0.29, 0.717) is 36.4 Å². The lowest BCUT2D eigenvalue weighted by atomic mass is 10.1. The molecule has 0 aliphatic rings. The zero-order chi connectivity index (χ0) is 18.2. The minimum atomic E-state index is -0.512. The van der Waals surface area contributed by atoms with Crippen LogP contribution in [0.25, 0.3) is 0 Å². The van der Waals surface area contributed by atoms with E-state index in [2.05, 4.69) is 5.32 Å². The lowest BCUT2D eigenvalue weighted by Gasteiger charge is -2.10. The van der Waals surface area contributed by atoms with E-state index in [-0.39, 0.29) is 11.3 Å². The maximum atomic E-state index is 12.4. The van der Waals surface area contributed by atoms with Gasteiger partial charge < -0.3 is 10.1 Å². The van der Waals surface area contributed by atoms with E-state index in [1.165, 1.54) is 12.1 Å². The van der Waals surface area contributed by atoms with Gasteiger partial charge in [-0.1, -0.05) is 12.1 Å². The van der Waals surface area contributed by atoms with Gasteiger partial charge in [-0.05, 0) is 31.5 Å². The van der Waals surface area contributed by atoms with Gasteiger partial charge in [0.25, 0.3) is 11.6 Å². The molecular formula is C18H17N3O4. The van der Waals surface area contributed by atoms with Gasteiger partial charge in [0, 0.05) is 35.4 Å². The number of hydrogen-bond acceptors (Lipinski definition) is 5. The van der Waals surface area contributed by atoms with Crippen LogP contribution in [0.4, 0.5) is 11.4 Å². The van der Waals surface area contributed by atoms with Gasteiger partial charge in [-0.15, -0.1) is 0 Å². The van der Waals surface area contributed by atoms with E-state index in [1.807, 2.05) is 6.07 Å². The number of nitrogens with zero attached hydrogens (tertiary/aromatic N) is 2. The number of unbranched alkanes of at least 4 members (excludes halogenated alkanes) is 1. The first-order valence-corrected chi connectivity index (χ1v) is 7.68. The van der Waals surface area contributed by atoms with Gasteiger partial charge in [0.05, 0.1) is 17.6 Å². The lowest BCUT2D eigenvalue weighted by molar-refractivity contribution is -0.385. The second-order valence-corrected chi connectivity index (χ2v) is 5.30. The van der Waals surface area contributed by atoms with Crippen molar-refractivity contribution in [1.82, 2.24) is 0 Å². The van der Waals surface area contributed by atoms with Crippen molar-refractivity contribution in [3.63, 3.8) is 0 Å². The average molecular weight is 339 g/mol. The summed E-state index contributed by atoms with van der Waals surface area (Å²) in [6.07, 6.45) is 1.04. The molecule has 0 radical (unpaired) electrons. The molecule has 2 rings (SSSR count). The molecule has 0 aromatic heterocycles. The monoisotopic (exact) mass is 339 g/mol. The Morgan fingerprint density at radius 1 is 1.32 bits per heavy atom. The number of nitrogens with one attached hydrogen (secondary N) is 1. The molecule has 0 saturated heterocycles. The number of anilines is 1. The van der Waals surface area contributed by atoms with Crippen LogP contribution in [0.3, 0.4) is 0 Å². The molecule has 25 heavy (non-hydrogen) atoms. The fourth-order valence-corrected chi connectivity index (χ4v) is 2.27. The molecule has 0 bridgehead atoms. The Hall–Kier alpha value is -3.40. The molecule has 2 aromatic carbocycles. The Kier molecular flexibility index (Phi) is 6.07. The first kappa shape index (κ1) is 17.9. The van der Waals surface area contributed by atoms with Crippen LogP contribution in [0.15, 0.2) is 42.5 Å². The zero-order valence-electron chi connectivity index (χ0n) is 13.7. The maximum absolute atomic E-state index is 12.4. The number of nitro benzene ring substituents is 1. The number of nitriles is 1. The molecule has 1 N–H and O–H groups in total. The van der Waals surface area contributed by atoms with Crippen LogP contribution in [-0.2, 0) is 0 Å². The third-order valence-corrected chi connectivity index (χ3v) is 3.54. The summed E-state index contributed by atoms with van der Waals surface area (Å²) in [6.45, 7) is 1.96. The molecule has 128 valence electrons. The summed E-state index contributed by atoms with van der Waals surface area (Å²) < 4.78 is 5.52. The van der Waals surface area contributed by atoms with Gasteiger partial charge in [-0.2, -0.15) is 5.26 Å². The van der Waals surface area contributed by atoms with Crippen LogP contribution in [0.2, 0.25) is 0 Å². The highest BCUT2D eigenvalue weighted by atomic mass is 16.6. The van der Waals surface area contributed by atoms with Crippen LogP contribution in [0, 0.1) is 28.4 Å². The first-order valence-electron chi connectivity index (χ1n) is 7.68. The van der Waals surface area contributed by atoms with Gasteiger partial charge in [0.2, 0.25) is 0 Å². The smallest absolute Gasteiger partial charge is 0.273 e. The summed E-state index contributed by atoms with van der Waals surface area (Å²) in [7, 11) is 0. The molecule has 0 spiro atoms. The molecule has 1 amide bonds. The van der Waals surface area contributed by atoms with Crippen LogP contribution < -0.4 is 10.1 Å². The summed E-state index contributed by atoms with van der Waals surface area (Å²) in [5.74, 6) is 0.148. The third-order valence-electron chi connectivity index (χ3n) is 3.54. The highest BCUT2D eigenvalue weighted by molar-refractivity contribution is 6.05. The molecule has 0 saturated carbocycles. The van der Waals surface area contributed by atoms with Gasteiger partial charge in [0.15, 0.2) is 0 Å². The average Bonchev–Trinajstić information content (AvgIpc) is 2.59. The molecule has 0 heterocycles. The standard InChI is InChI=1S/C18H17N3O4/c1-13-16(8-5-9-17(13)21(23)24)18(22)20-14-6-4-7-15(12-14)25-11-3-2-10-19/h4-9,12H,2-3,11H2,1H3,(H,20,22). The summed E-state index contributed by atoms with van der Waals surface area (Å²) >= 11 is 0. The first-order chi connectivity index (χ1) is 12.0. The Morgan fingerprint density at radius 3 is 2.80 bits per heavy atom. The van der Waals surface area contributed by atoms with Gasteiger partial charge in [0.1, 0.15) is 5.75 Å². The van der Waals surface area contributed by atoms with Crippen molar-refractivity contribution in [3.05, 3.63) is 63.7 Å². The number of hydrogen-bond donors (Lipinski definition) is 1. The van der Waals surface area contributed by atoms with Crippen LogP contribution in [0.1, 0.15) is 28.8 Å². The number of carbonyl (C=O) groups is 1. The van der Waals surface area contributed by atoms with Crippen molar-refractivity contribution in [2.45, 2.75) is 19.8 Å². The van der Waals surface area contributed by atoms with Crippen molar-refractivity contribution >= 4 is 17.3 Å². The summed E-state index contributed by atoms with van der Waals surface area (Å²) in [6, 6.07) is 13.3. The van der Waals surface area contributed by atoms with Crippen molar-refractivity contribution in [3.8, 4) is 11.8 Å². The van der Waals surface area contributed by atoms with E-state index in [1.54, 1.807) is 37.3 Å². The van der Waals surface area contributed by atoms with Crippen LogP contribution in [-0.4, -0.2) is 17.4 Å². The molecule has 0 fully saturated rings. The molecule has 0 aliphatic heterocycles. The van der Waals surface area contributed by atoms with Crippen molar-refractivity contribution in [1.29, 1.82) is 5.26 Å². The van der Waals surface area contributed by atoms with E-state index >= 15 is 0 Å². The predicted molar refractivity (Wildman–Crippen MR) is 92.6 cm³/mol. The topological polar surface area (TPSA) is 105 Å². The quantitative estimate of drug-likeness (QED) is 0.469. The van der Waals surface area contributed by atoms with E-state index in [4.69, 9.17) is 10.00 Å². The number of amides is 1. The third kappa shape index (κ3) is 4.78. The van der Waals surface area contributed by atoms with Crippen molar-refractivity contribution in [2.75, 3.05) is 11.9 Å². The van der Waals surface area contributed by atoms with E-state index in [0.717, 1.165) is 0 Å². The lowest BCUT2D eigenvalue weighted by Crippen LogP contribution is -2.14. The Bertz CT molecular complexity index is 827. The van der Waals surface area contributed by atoms with Crippen LogP contribution in [0.5, 0.6) is 5.75 Å². The number of ether oxygens (including phenoxy) is 1. The van der Waals surface area contributed by atoms with Crippen molar-refractivity contribution < 1.29 is 14.5 Å². The SMILES string of the molecule is Cc1c(C(=O)Nc2cccc(OCCCC#N)c2)cccc1[N+](=O)[O-]. The molecule has 0 aliphatic carbocycles. The van der Waals surface area contributed by atoms with Crippen molar-refractivity contribution in [2.24, 2.45) is 0 Å². The zero-order valence-corrected chi connectivity index (χ0v) is 13.7. The highest BCUT2D eigenvalue weighted by Gasteiger charge is 2.18. The normalized spacial score (nSPS) is 9.92. The van der Waals surface area contributed by atoms with Gasteiger partial charge in [-0.25, -0.2) is 0 Å². The minimum absolute atomic E-state index is 0.0952.